The van der Waals surface area contributed by atoms with Gasteiger partial charge in [-0.2, -0.15) is 4.31 Å². The zero-order chi connectivity index (χ0) is 21.7. The number of hydrogen-bond donors (Lipinski definition) is 0. The van der Waals surface area contributed by atoms with E-state index in [4.69, 9.17) is 4.74 Å². The average Bonchev–Trinajstić information content (AvgIpc) is 2.84. The highest BCUT2D eigenvalue weighted by atomic mass is 32.2. The Labute approximate surface area is 184 Å². The first kappa shape index (κ1) is 21.8. The maximum atomic E-state index is 13.1. The molecule has 0 unspecified atom stereocenters. The summed E-state index contributed by atoms with van der Waals surface area (Å²) in [5, 5.41) is 0. The van der Waals surface area contributed by atoms with Gasteiger partial charge in [-0.15, -0.1) is 0 Å². The molecule has 7 nitrogen and oxygen atoms in total. The second kappa shape index (κ2) is 9.80. The summed E-state index contributed by atoms with van der Waals surface area (Å²) in [5.41, 5.74) is 2.15. The van der Waals surface area contributed by atoms with Gasteiger partial charge in [0.25, 0.3) is 0 Å². The lowest BCUT2D eigenvalue weighted by molar-refractivity contribution is -0.132. The number of anilines is 1. The van der Waals surface area contributed by atoms with Crippen LogP contribution < -0.4 is 4.90 Å². The minimum atomic E-state index is -3.56. The Morgan fingerprint density at radius 3 is 2.13 bits per heavy atom. The van der Waals surface area contributed by atoms with E-state index >= 15 is 0 Å². The first-order valence-electron chi connectivity index (χ1n) is 10.8. The Kier molecular flexibility index (Phi) is 6.89. The SMILES string of the molecule is O=C(CCc1ccccc1)N1CCN(S(=O)(=O)c2ccc(N3CCOCC3)cc2)CC1. The summed E-state index contributed by atoms with van der Waals surface area (Å²) in [6.45, 7) is 4.51. The molecule has 0 spiro atoms. The number of sulfonamides is 1. The number of benzene rings is 2. The van der Waals surface area contributed by atoms with Gasteiger partial charge in [-0.3, -0.25) is 4.79 Å². The van der Waals surface area contributed by atoms with Crippen molar-refractivity contribution in [1.82, 2.24) is 9.21 Å². The molecule has 2 aromatic rings. The summed E-state index contributed by atoms with van der Waals surface area (Å²) < 4.78 is 33.0. The molecule has 2 aliphatic rings. The van der Waals surface area contributed by atoms with Crippen molar-refractivity contribution in [3.05, 3.63) is 60.2 Å². The van der Waals surface area contributed by atoms with Crippen molar-refractivity contribution in [3.63, 3.8) is 0 Å². The Bertz CT molecular complexity index is 966. The second-order valence-electron chi connectivity index (χ2n) is 7.86. The molecule has 0 radical (unpaired) electrons. The van der Waals surface area contributed by atoms with Gasteiger partial charge in [0.15, 0.2) is 0 Å². The van der Waals surface area contributed by atoms with Crippen molar-refractivity contribution >= 4 is 21.6 Å². The van der Waals surface area contributed by atoms with Crippen molar-refractivity contribution < 1.29 is 17.9 Å². The topological polar surface area (TPSA) is 70.2 Å². The summed E-state index contributed by atoms with van der Waals surface area (Å²) in [6, 6.07) is 17.0. The molecule has 31 heavy (non-hydrogen) atoms. The third-order valence-corrected chi connectivity index (χ3v) is 7.83. The maximum absolute atomic E-state index is 13.1. The summed E-state index contributed by atoms with van der Waals surface area (Å²) in [6.07, 6.45) is 1.15. The molecular formula is C23H29N3O4S. The zero-order valence-corrected chi connectivity index (χ0v) is 18.5. The molecule has 166 valence electrons. The van der Waals surface area contributed by atoms with Crippen LogP contribution in [0.1, 0.15) is 12.0 Å². The number of ether oxygens (including phenoxy) is 1. The summed E-state index contributed by atoms with van der Waals surface area (Å²) in [4.78, 5) is 16.8. The quantitative estimate of drug-likeness (QED) is 0.683. The smallest absolute Gasteiger partial charge is 0.243 e. The van der Waals surface area contributed by atoms with Crippen LogP contribution in [0.2, 0.25) is 0 Å². The van der Waals surface area contributed by atoms with E-state index in [1.807, 2.05) is 42.5 Å². The van der Waals surface area contributed by atoms with E-state index in [-0.39, 0.29) is 5.91 Å². The molecule has 0 aliphatic carbocycles. The molecule has 4 rings (SSSR count). The van der Waals surface area contributed by atoms with Crippen LogP contribution in [0.15, 0.2) is 59.5 Å². The maximum Gasteiger partial charge on any atom is 0.243 e. The third kappa shape index (κ3) is 5.26. The molecule has 2 fully saturated rings. The van der Waals surface area contributed by atoms with Crippen LogP contribution in [0.5, 0.6) is 0 Å². The van der Waals surface area contributed by atoms with Crippen LogP contribution in [-0.4, -0.2) is 76.0 Å². The molecular weight excluding hydrogens is 414 g/mol. The number of rotatable bonds is 6. The molecule has 0 bridgehead atoms. The fraction of sp³-hybridized carbons (Fsp3) is 0.435. The lowest BCUT2D eigenvalue weighted by atomic mass is 10.1. The summed E-state index contributed by atoms with van der Waals surface area (Å²) in [5.74, 6) is 0.0794. The summed E-state index contributed by atoms with van der Waals surface area (Å²) in [7, 11) is -3.56. The fourth-order valence-corrected chi connectivity index (χ4v) is 5.45. The Morgan fingerprint density at radius 2 is 1.48 bits per heavy atom. The van der Waals surface area contributed by atoms with Gasteiger partial charge < -0.3 is 14.5 Å². The predicted molar refractivity (Wildman–Crippen MR) is 120 cm³/mol. The molecule has 0 saturated carbocycles. The first-order valence-corrected chi connectivity index (χ1v) is 12.2. The van der Waals surface area contributed by atoms with Gasteiger partial charge in [-0.25, -0.2) is 8.42 Å². The minimum absolute atomic E-state index is 0.0794. The van der Waals surface area contributed by atoms with Crippen molar-refractivity contribution in [2.75, 3.05) is 57.4 Å². The Hall–Kier alpha value is -2.42. The van der Waals surface area contributed by atoms with E-state index in [0.717, 1.165) is 24.3 Å². The van der Waals surface area contributed by atoms with Crippen molar-refractivity contribution in [1.29, 1.82) is 0 Å². The lowest BCUT2D eigenvalue weighted by Crippen LogP contribution is -2.50. The first-order chi connectivity index (χ1) is 15.0. The van der Waals surface area contributed by atoms with Crippen LogP contribution in [0.4, 0.5) is 5.69 Å². The Morgan fingerprint density at radius 1 is 0.839 bits per heavy atom. The number of nitrogens with zero attached hydrogens (tertiary/aromatic N) is 3. The number of piperazine rings is 1. The van der Waals surface area contributed by atoms with E-state index in [2.05, 4.69) is 4.90 Å². The largest absolute Gasteiger partial charge is 0.378 e. The minimum Gasteiger partial charge on any atom is -0.378 e. The molecule has 2 aliphatic heterocycles. The van der Waals surface area contributed by atoms with Gasteiger partial charge in [0, 0.05) is 51.4 Å². The van der Waals surface area contributed by atoms with Crippen LogP contribution in [0, 0.1) is 0 Å². The van der Waals surface area contributed by atoms with Gasteiger partial charge in [0.1, 0.15) is 0 Å². The molecule has 1 amide bonds. The van der Waals surface area contributed by atoms with Crippen LogP contribution in [-0.2, 0) is 26.0 Å². The molecule has 8 heteroatoms. The molecule has 0 N–H and O–H groups in total. The van der Waals surface area contributed by atoms with E-state index in [0.29, 0.717) is 57.1 Å². The molecule has 2 aromatic carbocycles. The van der Waals surface area contributed by atoms with Crippen LogP contribution in [0.25, 0.3) is 0 Å². The fourth-order valence-electron chi connectivity index (χ4n) is 4.03. The molecule has 0 atom stereocenters. The van der Waals surface area contributed by atoms with Crippen molar-refractivity contribution in [3.8, 4) is 0 Å². The number of morpholine rings is 1. The monoisotopic (exact) mass is 443 g/mol. The number of carbonyl (C=O) groups excluding carboxylic acids is 1. The normalized spacial score (nSPS) is 18.2. The average molecular weight is 444 g/mol. The number of amides is 1. The van der Waals surface area contributed by atoms with Crippen LogP contribution in [0.3, 0.4) is 0 Å². The molecule has 2 heterocycles. The lowest BCUT2D eigenvalue weighted by Gasteiger charge is -2.34. The van der Waals surface area contributed by atoms with Gasteiger partial charge in [0.2, 0.25) is 15.9 Å². The summed E-state index contributed by atoms with van der Waals surface area (Å²) >= 11 is 0. The highest BCUT2D eigenvalue weighted by molar-refractivity contribution is 7.89. The van der Waals surface area contributed by atoms with Gasteiger partial charge in [-0.05, 0) is 36.2 Å². The van der Waals surface area contributed by atoms with Crippen molar-refractivity contribution in [2.24, 2.45) is 0 Å². The zero-order valence-electron chi connectivity index (χ0n) is 17.7. The van der Waals surface area contributed by atoms with E-state index < -0.39 is 10.0 Å². The van der Waals surface area contributed by atoms with E-state index in [1.165, 1.54) is 4.31 Å². The van der Waals surface area contributed by atoms with Crippen LogP contribution >= 0.6 is 0 Å². The Balaban J connectivity index is 1.31. The third-order valence-electron chi connectivity index (χ3n) is 5.91. The van der Waals surface area contributed by atoms with E-state index in [1.54, 1.807) is 17.0 Å². The van der Waals surface area contributed by atoms with Crippen molar-refractivity contribution in [2.45, 2.75) is 17.7 Å². The number of hydrogen-bond acceptors (Lipinski definition) is 5. The highest BCUT2D eigenvalue weighted by Crippen LogP contribution is 2.22. The van der Waals surface area contributed by atoms with Gasteiger partial charge in [0.05, 0.1) is 18.1 Å². The standard InChI is InChI=1S/C23H29N3O4S/c27-23(11-6-20-4-2-1-3-5-20)25-12-14-26(15-13-25)31(28,29)22-9-7-21(8-10-22)24-16-18-30-19-17-24/h1-5,7-10H,6,11-19H2. The molecule has 0 aromatic heterocycles. The second-order valence-corrected chi connectivity index (χ2v) is 9.80. The predicted octanol–water partition coefficient (Wildman–Crippen LogP) is 1.99. The van der Waals surface area contributed by atoms with E-state index in [9.17, 15) is 13.2 Å². The number of carbonyl (C=O) groups is 1. The number of aryl methyl sites for hydroxylation is 1. The highest BCUT2D eigenvalue weighted by Gasteiger charge is 2.30. The van der Waals surface area contributed by atoms with Gasteiger partial charge in [-0.1, -0.05) is 30.3 Å². The van der Waals surface area contributed by atoms with Gasteiger partial charge >= 0.3 is 0 Å². The molecule has 2 saturated heterocycles.